The smallest absolute Gasteiger partial charge is 0.143 e. The van der Waals surface area contributed by atoms with Crippen LogP contribution in [0, 0.1) is 0 Å². The number of furan rings is 1. The summed E-state index contributed by atoms with van der Waals surface area (Å²) < 4.78 is 6.88. The zero-order valence-electron chi connectivity index (χ0n) is 32.9. The standard InChI is InChI=1S/C58H39NO/c1-4-14-40(15-5-1)43-26-28-45(29-27-43)46-34-36-49(37-35-46)59(50-21-12-20-48(38-50)42-18-8-3-9-19-42)55-24-13-25-56-57(55)54-39-53(51-22-10-11-23-52(51)58(54)60-56)47-32-30-44(31-33-47)41-16-6-2-7-17-41/h1-39H. The molecule has 2 heteroatoms. The quantitative estimate of drug-likeness (QED) is 0.153. The number of nitrogens with zero attached hydrogens (tertiary/aromatic N) is 1. The summed E-state index contributed by atoms with van der Waals surface area (Å²) in [5.74, 6) is 0. The zero-order valence-corrected chi connectivity index (χ0v) is 32.9. The summed E-state index contributed by atoms with van der Waals surface area (Å²) in [7, 11) is 0. The molecule has 0 aliphatic rings. The molecule has 2 nitrogen and oxygen atoms in total. The lowest BCUT2D eigenvalue weighted by Crippen LogP contribution is -2.10. The first-order chi connectivity index (χ1) is 29.7. The van der Waals surface area contributed by atoms with Crippen LogP contribution in [0.3, 0.4) is 0 Å². The molecule has 11 rings (SSSR count). The van der Waals surface area contributed by atoms with Gasteiger partial charge in [-0.1, -0.05) is 194 Å². The molecule has 0 unspecified atom stereocenters. The fraction of sp³-hybridized carbons (Fsp3) is 0. The van der Waals surface area contributed by atoms with E-state index in [4.69, 9.17) is 4.42 Å². The van der Waals surface area contributed by atoms with Crippen LogP contribution in [0.2, 0.25) is 0 Å². The SMILES string of the molecule is c1ccc(-c2ccc(-c3ccc(N(c4cccc(-c5ccccc5)c4)c4cccc5oc6c7ccccc7c(-c7ccc(-c8ccccc8)cc7)cc6c45)cc3)cc2)cc1. The van der Waals surface area contributed by atoms with Crippen LogP contribution in [0.5, 0.6) is 0 Å². The van der Waals surface area contributed by atoms with Crippen LogP contribution in [0.15, 0.2) is 241 Å². The van der Waals surface area contributed by atoms with Gasteiger partial charge in [-0.25, -0.2) is 0 Å². The van der Waals surface area contributed by atoms with Crippen LogP contribution in [-0.2, 0) is 0 Å². The van der Waals surface area contributed by atoms with Crippen LogP contribution in [0.25, 0.3) is 88.3 Å². The van der Waals surface area contributed by atoms with E-state index in [1.807, 2.05) is 0 Å². The first-order valence-electron chi connectivity index (χ1n) is 20.5. The Bertz CT molecular complexity index is 3260. The van der Waals surface area contributed by atoms with E-state index in [0.29, 0.717) is 0 Å². The first kappa shape index (κ1) is 35.2. The summed E-state index contributed by atoms with van der Waals surface area (Å²) in [5, 5.41) is 4.42. The summed E-state index contributed by atoms with van der Waals surface area (Å²) in [6.07, 6.45) is 0. The van der Waals surface area contributed by atoms with Crippen molar-refractivity contribution in [1.29, 1.82) is 0 Å². The average Bonchev–Trinajstić information content (AvgIpc) is 3.72. The number of benzene rings is 10. The summed E-state index contributed by atoms with van der Waals surface area (Å²) >= 11 is 0. The molecule has 282 valence electrons. The monoisotopic (exact) mass is 765 g/mol. The van der Waals surface area contributed by atoms with Crippen LogP contribution < -0.4 is 4.90 Å². The van der Waals surface area contributed by atoms with Gasteiger partial charge < -0.3 is 9.32 Å². The van der Waals surface area contributed by atoms with Gasteiger partial charge in [0.2, 0.25) is 0 Å². The van der Waals surface area contributed by atoms with E-state index >= 15 is 0 Å². The summed E-state index contributed by atoms with van der Waals surface area (Å²) in [6, 6.07) is 84.7. The molecule has 0 saturated heterocycles. The van der Waals surface area contributed by atoms with Gasteiger partial charge in [-0.05, 0) is 103 Å². The van der Waals surface area contributed by atoms with E-state index in [1.54, 1.807) is 0 Å². The van der Waals surface area contributed by atoms with E-state index in [0.717, 1.165) is 60.9 Å². The van der Waals surface area contributed by atoms with Gasteiger partial charge in [0.15, 0.2) is 0 Å². The minimum Gasteiger partial charge on any atom is -0.455 e. The third kappa shape index (κ3) is 6.41. The second kappa shape index (κ2) is 15.1. The third-order valence-electron chi connectivity index (χ3n) is 11.7. The van der Waals surface area contributed by atoms with Crippen LogP contribution in [0.1, 0.15) is 0 Å². The van der Waals surface area contributed by atoms with E-state index in [9.17, 15) is 0 Å². The maximum atomic E-state index is 6.88. The van der Waals surface area contributed by atoms with Gasteiger partial charge in [0.1, 0.15) is 11.2 Å². The fourth-order valence-corrected chi connectivity index (χ4v) is 8.70. The molecular formula is C58H39NO. The van der Waals surface area contributed by atoms with Crippen molar-refractivity contribution >= 4 is 49.8 Å². The van der Waals surface area contributed by atoms with Crippen molar-refractivity contribution in [1.82, 2.24) is 0 Å². The molecule has 11 aromatic rings. The number of rotatable bonds is 8. The second-order valence-electron chi connectivity index (χ2n) is 15.3. The lowest BCUT2D eigenvalue weighted by atomic mass is 9.93. The van der Waals surface area contributed by atoms with Crippen molar-refractivity contribution < 1.29 is 4.42 Å². The van der Waals surface area contributed by atoms with Crippen LogP contribution >= 0.6 is 0 Å². The minimum absolute atomic E-state index is 0.851. The maximum absolute atomic E-state index is 6.88. The molecule has 1 aromatic heterocycles. The molecule has 0 aliphatic carbocycles. The number of fused-ring (bicyclic) bond motifs is 5. The predicted molar refractivity (Wildman–Crippen MR) is 253 cm³/mol. The molecule has 10 aromatic carbocycles. The van der Waals surface area contributed by atoms with Crippen molar-refractivity contribution in [2.75, 3.05) is 4.90 Å². The van der Waals surface area contributed by atoms with Crippen molar-refractivity contribution in [3.05, 3.63) is 237 Å². The zero-order chi connectivity index (χ0) is 39.8. The highest BCUT2D eigenvalue weighted by molar-refractivity contribution is 6.22. The van der Waals surface area contributed by atoms with Crippen molar-refractivity contribution in [3.8, 4) is 55.6 Å². The Kier molecular flexibility index (Phi) is 8.87. The molecule has 60 heavy (non-hydrogen) atoms. The van der Waals surface area contributed by atoms with Crippen molar-refractivity contribution in [2.24, 2.45) is 0 Å². The fourth-order valence-electron chi connectivity index (χ4n) is 8.70. The van der Waals surface area contributed by atoms with Gasteiger partial charge in [0.05, 0.1) is 11.1 Å². The topological polar surface area (TPSA) is 16.4 Å². The Labute approximate surface area is 349 Å². The van der Waals surface area contributed by atoms with Crippen LogP contribution in [-0.4, -0.2) is 0 Å². The molecule has 0 aliphatic heterocycles. The Hall–Kier alpha value is -7.94. The van der Waals surface area contributed by atoms with Gasteiger partial charge in [-0.2, -0.15) is 0 Å². The molecule has 0 atom stereocenters. The highest BCUT2D eigenvalue weighted by atomic mass is 16.3. The highest BCUT2D eigenvalue weighted by Gasteiger charge is 2.22. The summed E-state index contributed by atoms with van der Waals surface area (Å²) in [5.41, 5.74) is 16.8. The van der Waals surface area contributed by atoms with E-state index in [2.05, 4.69) is 241 Å². The summed E-state index contributed by atoms with van der Waals surface area (Å²) in [6.45, 7) is 0. The van der Waals surface area contributed by atoms with Gasteiger partial charge in [-0.3, -0.25) is 0 Å². The summed E-state index contributed by atoms with van der Waals surface area (Å²) in [4.78, 5) is 2.38. The van der Waals surface area contributed by atoms with E-state index in [1.165, 1.54) is 44.5 Å². The average molecular weight is 766 g/mol. The Balaban J connectivity index is 1.08. The third-order valence-corrected chi connectivity index (χ3v) is 11.7. The number of hydrogen-bond acceptors (Lipinski definition) is 2. The normalized spacial score (nSPS) is 11.3. The minimum atomic E-state index is 0.851. The van der Waals surface area contributed by atoms with Crippen molar-refractivity contribution in [2.45, 2.75) is 0 Å². The molecule has 0 amide bonds. The van der Waals surface area contributed by atoms with Gasteiger partial charge in [0, 0.05) is 22.1 Å². The molecule has 0 bridgehead atoms. The van der Waals surface area contributed by atoms with Crippen molar-refractivity contribution in [3.63, 3.8) is 0 Å². The molecular weight excluding hydrogens is 727 g/mol. The van der Waals surface area contributed by atoms with E-state index in [-0.39, 0.29) is 0 Å². The first-order valence-corrected chi connectivity index (χ1v) is 20.5. The molecule has 0 radical (unpaired) electrons. The maximum Gasteiger partial charge on any atom is 0.143 e. The van der Waals surface area contributed by atoms with Gasteiger partial charge >= 0.3 is 0 Å². The van der Waals surface area contributed by atoms with Gasteiger partial charge in [-0.15, -0.1) is 0 Å². The molecule has 0 N–H and O–H groups in total. The Morgan fingerprint density at radius 3 is 1.32 bits per heavy atom. The van der Waals surface area contributed by atoms with E-state index < -0.39 is 0 Å². The molecule has 0 fully saturated rings. The predicted octanol–water partition coefficient (Wildman–Crippen LogP) is 16.5. The largest absolute Gasteiger partial charge is 0.455 e. The molecule has 0 spiro atoms. The molecule has 1 heterocycles. The Morgan fingerprint density at radius 2 is 0.733 bits per heavy atom. The van der Waals surface area contributed by atoms with Crippen LogP contribution in [0.4, 0.5) is 17.1 Å². The lowest BCUT2D eigenvalue weighted by Gasteiger charge is -2.27. The molecule has 0 saturated carbocycles. The lowest BCUT2D eigenvalue weighted by molar-refractivity contribution is 0.672. The highest BCUT2D eigenvalue weighted by Crippen LogP contribution is 2.47. The number of anilines is 3. The number of hydrogen-bond donors (Lipinski definition) is 0. The van der Waals surface area contributed by atoms with Gasteiger partial charge in [0.25, 0.3) is 0 Å². The second-order valence-corrected chi connectivity index (χ2v) is 15.3. The Morgan fingerprint density at radius 1 is 0.283 bits per heavy atom.